The van der Waals surface area contributed by atoms with Gasteiger partial charge >= 0.3 is 5.97 Å². The highest BCUT2D eigenvalue weighted by molar-refractivity contribution is 7.18. The van der Waals surface area contributed by atoms with Crippen LogP contribution in [0.5, 0.6) is 0 Å². The third-order valence-corrected chi connectivity index (χ3v) is 5.78. The van der Waals surface area contributed by atoms with Gasteiger partial charge in [-0.25, -0.2) is 4.98 Å². The van der Waals surface area contributed by atoms with Crippen LogP contribution in [0.3, 0.4) is 0 Å². The number of nitrogens with zero attached hydrogens (tertiary/aromatic N) is 3. The molecule has 2 aliphatic rings. The molecule has 25 heavy (non-hydrogen) atoms. The lowest BCUT2D eigenvalue weighted by Gasteiger charge is -2.21. The van der Waals surface area contributed by atoms with Gasteiger partial charge in [0.05, 0.1) is 25.2 Å². The van der Waals surface area contributed by atoms with Crippen LogP contribution in [-0.2, 0) is 33.8 Å². The van der Waals surface area contributed by atoms with E-state index in [2.05, 4.69) is 4.90 Å². The van der Waals surface area contributed by atoms with E-state index in [1.807, 2.05) is 0 Å². The maximum Gasteiger partial charge on any atom is 0.326 e. The second kappa shape index (κ2) is 6.76. The Morgan fingerprint density at radius 3 is 2.92 bits per heavy atom. The van der Waals surface area contributed by atoms with Crippen LogP contribution >= 0.6 is 11.3 Å². The summed E-state index contributed by atoms with van der Waals surface area (Å²) in [5.74, 6) is 0.182. The molecule has 0 aromatic carbocycles. The highest BCUT2D eigenvalue weighted by Crippen LogP contribution is 2.33. The lowest BCUT2D eigenvalue weighted by atomic mass is 10.1. The Hall–Kier alpha value is -1.93. The number of hydrogen-bond donors (Lipinski definition) is 0. The number of aromatic nitrogens is 2. The van der Waals surface area contributed by atoms with Crippen LogP contribution in [0.2, 0.25) is 0 Å². The Kier molecular flexibility index (Phi) is 4.47. The minimum atomic E-state index is -0.404. The summed E-state index contributed by atoms with van der Waals surface area (Å²) >= 11 is 1.53. The first-order valence-electron chi connectivity index (χ1n) is 8.72. The number of rotatable bonds is 4. The first kappa shape index (κ1) is 16.5. The number of carbonyl (C=O) groups excluding carboxylic acids is 1. The molecule has 0 N–H and O–H groups in total. The van der Waals surface area contributed by atoms with Crippen molar-refractivity contribution in [1.29, 1.82) is 0 Å². The topological polar surface area (TPSA) is 73.7 Å². The molecule has 2 aliphatic heterocycles. The lowest BCUT2D eigenvalue weighted by molar-refractivity contribution is -0.143. The Bertz CT molecular complexity index is 867. The van der Waals surface area contributed by atoms with E-state index in [0.29, 0.717) is 37.6 Å². The summed E-state index contributed by atoms with van der Waals surface area (Å²) in [5.41, 5.74) is 0.897. The largest absolute Gasteiger partial charge is 0.465 e. The molecule has 0 unspecified atom stereocenters. The molecule has 0 bridgehead atoms. The molecule has 0 amide bonds. The summed E-state index contributed by atoms with van der Waals surface area (Å²) in [6.07, 6.45) is 2.86. The molecule has 0 radical (unpaired) electrons. The first-order valence-corrected chi connectivity index (χ1v) is 9.54. The number of anilines is 1. The molecule has 1 saturated heterocycles. The molecule has 0 aliphatic carbocycles. The smallest absolute Gasteiger partial charge is 0.326 e. The van der Waals surface area contributed by atoms with Crippen molar-refractivity contribution in [3.8, 4) is 0 Å². The SMILES string of the molecule is CCOC(=O)Cn1c(N2CCCC2)nc2sc3c(c2c1=O)CCOC3. The van der Waals surface area contributed by atoms with E-state index < -0.39 is 5.97 Å². The number of ether oxygens (including phenoxy) is 2. The zero-order valence-corrected chi connectivity index (χ0v) is 15.1. The average Bonchev–Trinajstić information content (AvgIpc) is 3.24. The van der Waals surface area contributed by atoms with Gasteiger partial charge in [-0.15, -0.1) is 11.3 Å². The van der Waals surface area contributed by atoms with Gasteiger partial charge in [-0.1, -0.05) is 0 Å². The van der Waals surface area contributed by atoms with Crippen molar-refractivity contribution in [3.05, 3.63) is 20.8 Å². The summed E-state index contributed by atoms with van der Waals surface area (Å²) < 4.78 is 12.1. The minimum Gasteiger partial charge on any atom is -0.465 e. The van der Waals surface area contributed by atoms with Gasteiger partial charge in [0.1, 0.15) is 11.4 Å². The highest BCUT2D eigenvalue weighted by Gasteiger charge is 2.26. The summed E-state index contributed by atoms with van der Waals surface area (Å²) in [6, 6.07) is 0. The molecule has 8 heteroatoms. The van der Waals surface area contributed by atoms with Crippen LogP contribution in [-0.4, -0.2) is 41.8 Å². The van der Waals surface area contributed by atoms with E-state index in [9.17, 15) is 9.59 Å². The van der Waals surface area contributed by atoms with Gasteiger partial charge in [0, 0.05) is 18.0 Å². The molecule has 0 atom stereocenters. The number of hydrogen-bond acceptors (Lipinski definition) is 7. The van der Waals surface area contributed by atoms with Crippen molar-refractivity contribution in [2.75, 3.05) is 31.2 Å². The summed E-state index contributed by atoms with van der Waals surface area (Å²) in [7, 11) is 0. The van der Waals surface area contributed by atoms with E-state index in [-0.39, 0.29) is 12.1 Å². The van der Waals surface area contributed by atoms with Crippen molar-refractivity contribution in [1.82, 2.24) is 9.55 Å². The van der Waals surface area contributed by atoms with E-state index in [4.69, 9.17) is 14.5 Å². The molecule has 7 nitrogen and oxygen atoms in total. The summed E-state index contributed by atoms with van der Waals surface area (Å²) in [6.45, 7) is 4.83. The Morgan fingerprint density at radius 1 is 1.36 bits per heavy atom. The highest BCUT2D eigenvalue weighted by atomic mass is 32.1. The van der Waals surface area contributed by atoms with Gasteiger partial charge in [0.25, 0.3) is 5.56 Å². The van der Waals surface area contributed by atoms with Crippen molar-refractivity contribution in [2.45, 2.75) is 39.3 Å². The summed E-state index contributed by atoms with van der Waals surface area (Å²) in [5, 5.41) is 0.649. The number of fused-ring (bicyclic) bond motifs is 3. The molecule has 134 valence electrons. The van der Waals surface area contributed by atoms with Crippen LogP contribution in [0.4, 0.5) is 5.95 Å². The Morgan fingerprint density at radius 2 is 2.16 bits per heavy atom. The number of carbonyl (C=O) groups is 1. The molecular formula is C17H21N3O4S. The second-order valence-corrected chi connectivity index (χ2v) is 7.37. The van der Waals surface area contributed by atoms with Crippen LogP contribution < -0.4 is 10.5 Å². The normalized spacial score (nSPS) is 17.1. The van der Waals surface area contributed by atoms with Crippen LogP contribution in [0, 0.1) is 0 Å². The van der Waals surface area contributed by atoms with Gasteiger partial charge in [-0.05, 0) is 31.7 Å². The monoisotopic (exact) mass is 363 g/mol. The van der Waals surface area contributed by atoms with Crippen molar-refractivity contribution >= 4 is 33.5 Å². The quantitative estimate of drug-likeness (QED) is 0.770. The van der Waals surface area contributed by atoms with E-state index in [1.165, 1.54) is 15.9 Å². The first-order chi connectivity index (χ1) is 12.2. The predicted molar refractivity (Wildman–Crippen MR) is 95.3 cm³/mol. The van der Waals surface area contributed by atoms with E-state index in [0.717, 1.165) is 41.2 Å². The maximum absolute atomic E-state index is 13.2. The van der Waals surface area contributed by atoms with Gasteiger partial charge in [0.2, 0.25) is 5.95 Å². The minimum absolute atomic E-state index is 0.0947. The molecule has 4 heterocycles. The number of thiophene rings is 1. The molecule has 4 rings (SSSR count). The lowest BCUT2D eigenvalue weighted by Crippen LogP contribution is -2.33. The van der Waals surface area contributed by atoms with Gasteiger partial charge < -0.3 is 14.4 Å². The molecule has 1 fully saturated rings. The molecule has 2 aromatic heterocycles. The summed E-state index contributed by atoms with van der Waals surface area (Å²) in [4.78, 5) is 34.0. The van der Waals surface area contributed by atoms with Crippen LogP contribution in [0.25, 0.3) is 10.2 Å². The zero-order valence-electron chi connectivity index (χ0n) is 14.2. The standard InChI is InChI=1S/C17H21N3O4S/c1-2-24-13(21)9-20-16(22)14-11-5-8-23-10-12(11)25-15(14)18-17(20)19-6-3-4-7-19/h2-10H2,1H3. The van der Waals surface area contributed by atoms with Crippen molar-refractivity contribution in [2.24, 2.45) is 0 Å². The van der Waals surface area contributed by atoms with E-state index in [1.54, 1.807) is 6.92 Å². The van der Waals surface area contributed by atoms with E-state index >= 15 is 0 Å². The number of esters is 1. The molecule has 2 aromatic rings. The third-order valence-electron chi connectivity index (χ3n) is 4.69. The van der Waals surface area contributed by atoms with Crippen molar-refractivity contribution in [3.63, 3.8) is 0 Å². The Balaban J connectivity index is 1.88. The predicted octanol–water partition coefficient (Wildman–Crippen LogP) is 1.69. The molecule has 0 saturated carbocycles. The van der Waals surface area contributed by atoms with Gasteiger partial charge in [-0.3, -0.25) is 14.2 Å². The Labute approximate surface area is 149 Å². The molecular weight excluding hydrogens is 342 g/mol. The van der Waals surface area contributed by atoms with Crippen molar-refractivity contribution < 1.29 is 14.3 Å². The fourth-order valence-corrected chi connectivity index (χ4v) is 4.67. The third kappa shape index (κ3) is 2.93. The maximum atomic E-state index is 13.2. The molecule has 0 spiro atoms. The van der Waals surface area contributed by atoms with Crippen LogP contribution in [0.1, 0.15) is 30.2 Å². The van der Waals surface area contributed by atoms with Crippen LogP contribution in [0.15, 0.2) is 4.79 Å². The fraction of sp³-hybridized carbons (Fsp3) is 0.588. The zero-order chi connectivity index (χ0) is 17.4. The van der Waals surface area contributed by atoms with Gasteiger partial charge in [-0.2, -0.15) is 0 Å². The second-order valence-electron chi connectivity index (χ2n) is 6.29. The fourth-order valence-electron chi connectivity index (χ4n) is 3.53. The average molecular weight is 363 g/mol. The van der Waals surface area contributed by atoms with Gasteiger partial charge in [0.15, 0.2) is 0 Å².